The third-order valence-electron chi connectivity index (χ3n) is 2.35. The molecule has 0 fully saturated rings. The van der Waals surface area contributed by atoms with E-state index in [-0.39, 0.29) is 0 Å². The van der Waals surface area contributed by atoms with Crippen LogP contribution in [-0.4, -0.2) is 4.98 Å². The highest BCUT2D eigenvalue weighted by atomic mass is 14.7. The minimum absolute atomic E-state index is 1.06. The zero-order valence-electron chi connectivity index (χ0n) is 13.5. The van der Waals surface area contributed by atoms with Crippen LogP contribution in [0.3, 0.4) is 0 Å². The molecule has 0 aromatic carbocycles. The monoisotopic (exact) mass is 273 g/mol. The molecule has 0 aliphatic heterocycles. The van der Waals surface area contributed by atoms with Gasteiger partial charge in [0.2, 0.25) is 0 Å². The summed E-state index contributed by atoms with van der Waals surface area (Å²) < 4.78 is 0. The molecule has 1 aromatic heterocycles. The average Bonchev–Trinajstić information content (AvgIpc) is 2.54. The van der Waals surface area contributed by atoms with Gasteiger partial charge in [-0.2, -0.15) is 0 Å². The van der Waals surface area contributed by atoms with Gasteiger partial charge in [0, 0.05) is 11.9 Å². The van der Waals surface area contributed by atoms with Gasteiger partial charge in [0.15, 0.2) is 0 Å². The van der Waals surface area contributed by atoms with Gasteiger partial charge in [-0.25, -0.2) is 0 Å². The molecule has 1 heteroatoms. The van der Waals surface area contributed by atoms with Crippen molar-refractivity contribution >= 4 is 0 Å². The topological polar surface area (TPSA) is 12.9 Å². The van der Waals surface area contributed by atoms with Crippen LogP contribution in [0.25, 0.3) is 0 Å². The molecule has 0 atom stereocenters. The first-order valence-electron chi connectivity index (χ1n) is 7.63. The van der Waals surface area contributed by atoms with Crippen molar-refractivity contribution in [2.75, 3.05) is 0 Å². The first kappa shape index (κ1) is 20.7. The Hall–Kier alpha value is -1.63. The van der Waals surface area contributed by atoms with E-state index in [1.807, 2.05) is 32.2 Å². The zero-order valence-corrected chi connectivity index (χ0v) is 13.5. The van der Waals surface area contributed by atoms with E-state index in [0.29, 0.717) is 0 Å². The van der Waals surface area contributed by atoms with Crippen molar-refractivity contribution in [1.29, 1.82) is 0 Å². The number of nitrogens with zero attached hydrogens (tertiary/aromatic N) is 1. The third kappa shape index (κ3) is 16.4. The fraction of sp³-hybridized carbons (Fsp3) is 0.421. The van der Waals surface area contributed by atoms with Crippen molar-refractivity contribution in [3.63, 3.8) is 0 Å². The fourth-order valence-corrected chi connectivity index (χ4v) is 1.33. The second-order valence-electron chi connectivity index (χ2n) is 3.94. The van der Waals surface area contributed by atoms with Crippen LogP contribution >= 0.6 is 0 Å². The summed E-state index contributed by atoms with van der Waals surface area (Å²) >= 11 is 0. The number of allylic oxidation sites excluding steroid dienone is 4. The molecule has 0 aliphatic rings. The molecule has 20 heavy (non-hydrogen) atoms. The van der Waals surface area contributed by atoms with E-state index >= 15 is 0 Å². The van der Waals surface area contributed by atoms with Crippen LogP contribution < -0.4 is 0 Å². The van der Waals surface area contributed by atoms with Crippen molar-refractivity contribution < 1.29 is 0 Å². The maximum atomic E-state index is 4.28. The highest BCUT2D eigenvalue weighted by Crippen LogP contribution is 2.01. The minimum Gasteiger partial charge on any atom is -0.261 e. The molecule has 112 valence electrons. The van der Waals surface area contributed by atoms with E-state index in [0.717, 1.165) is 12.8 Å². The Kier molecular flexibility index (Phi) is 20.4. The minimum atomic E-state index is 1.06. The summed E-state index contributed by atoms with van der Waals surface area (Å²) in [7, 11) is 0. The van der Waals surface area contributed by atoms with Gasteiger partial charge < -0.3 is 0 Å². The number of hydrogen-bond acceptors (Lipinski definition) is 1. The molecule has 1 heterocycles. The number of hydrogen-bond donors (Lipinski definition) is 0. The van der Waals surface area contributed by atoms with Crippen LogP contribution in [0.2, 0.25) is 0 Å². The second kappa shape index (κ2) is 19.7. The second-order valence-corrected chi connectivity index (χ2v) is 3.94. The van der Waals surface area contributed by atoms with Gasteiger partial charge in [0.25, 0.3) is 0 Å². The van der Waals surface area contributed by atoms with E-state index in [2.05, 4.69) is 43.3 Å². The Labute approximate surface area is 126 Å². The number of rotatable bonds is 7. The maximum absolute atomic E-state index is 4.28. The Bertz CT molecular complexity index is 319. The van der Waals surface area contributed by atoms with Crippen LogP contribution in [0.1, 0.15) is 52.1 Å². The van der Waals surface area contributed by atoms with Crippen LogP contribution in [0, 0.1) is 0 Å². The summed E-state index contributed by atoms with van der Waals surface area (Å²) in [6.07, 6.45) is 15.7. The smallest absolute Gasteiger partial charge is 0.0406 e. The highest BCUT2D eigenvalue weighted by molar-refractivity contribution is 5.04. The largest absolute Gasteiger partial charge is 0.261 e. The lowest BCUT2D eigenvalue weighted by Crippen LogP contribution is -1.86. The lowest BCUT2D eigenvalue weighted by Gasteiger charge is -1.95. The molecular weight excluding hydrogens is 242 g/mol. The van der Waals surface area contributed by atoms with Crippen molar-refractivity contribution in [3.05, 3.63) is 67.6 Å². The number of aryl methyl sites for hydroxylation is 1. The molecule has 0 spiro atoms. The predicted molar refractivity (Wildman–Crippen MR) is 93.0 cm³/mol. The summed E-state index contributed by atoms with van der Waals surface area (Å²) in [5, 5.41) is 0. The van der Waals surface area contributed by atoms with Gasteiger partial charge in [-0.3, -0.25) is 4.98 Å². The van der Waals surface area contributed by atoms with Crippen LogP contribution in [0.5, 0.6) is 0 Å². The normalized spacial score (nSPS) is 8.95. The summed E-state index contributed by atoms with van der Waals surface area (Å²) in [6.45, 7) is 12.9. The number of aromatic nitrogens is 1. The van der Waals surface area contributed by atoms with Gasteiger partial charge in [0.1, 0.15) is 0 Å². The summed E-state index contributed by atoms with van der Waals surface area (Å²) in [4.78, 5) is 4.28. The molecule has 0 bridgehead atoms. The van der Waals surface area contributed by atoms with Crippen molar-refractivity contribution in [3.8, 4) is 0 Å². The standard InChI is InChI=1S/C13H19N.C4H6.C2H6/c1-2-3-4-5-6-7-10-13-11-8-9-12-14-13;1-3-4-2;1-2/h5-6,8-9,11-12H,2-4,7,10H2,1H3;3-4H,1-2H2;1-2H3/b6-5+;;. The predicted octanol–water partition coefficient (Wildman–Crippen LogP) is 6.15. The third-order valence-corrected chi connectivity index (χ3v) is 2.35. The van der Waals surface area contributed by atoms with Crippen molar-refractivity contribution in [2.45, 2.75) is 52.9 Å². The Morgan fingerprint density at radius 2 is 1.70 bits per heavy atom. The lowest BCUT2D eigenvalue weighted by molar-refractivity contribution is 0.810. The van der Waals surface area contributed by atoms with Crippen molar-refractivity contribution in [1.82, 2.24) is 4.98 Å². The molecule has 0 saturated carbocycles. The van der Waals surface area contributed by atoms with Gasteiger partial charge in [-0.1, -0.05) is 77.1 Å². The van der Waals surface area contributed by atoms with E-state index in [9.17, 15) is 0 Å². The van der Waals surface area contributed by atoms with Gasteiger partial charge in [0.05, 0.1) is 0 Å². The number of unbranched alkanes of at least 4 members (excludes halogenated alkanes) is 2. The summed E-state index contributed by atoms with van der Waals surface area (Å²) in [6, 6.07) is 6.09. The number of pyridine rings is 1. The van der Waals surface area contributed by atoms with Gasteiger partial charge in [-0.15, -0.1) is 0 Å². The molecule has 0 saturated heterocycles. The van der Waals surface area contributed by atoms with Gasteiger partial charge >= 0.3 is 0 Å². The van der Waals surface area contributed by atoms with Crippen molar-refractivity contribution in [2.24, 2.45) is 0 Å². The van der Waals surface area contributed by atoms with E-state index in [1.54, 1.807) is 12.2 Å². The average molecular weight is 273 g/mol. The van der Waals surface area contributed by atoms with Crippen LogP contribution in [0.15, 0.2) is 61.9 Å². The molecule has 0 radical (unpaired) electrons. The lowest BCUT2D eigenvalue weighted by atomic mass is 10.2. The SMILES string of the molecule is C=CC=C.CC.CCCC/C=C/CCc1ccccn1. The molecule has 1 rings (SSSR count). The molecular formula is C19H31N. The summed E-state index contributed by atoms with van der Waals surface area (Å²) in [5.41, 5.74) is 1.19. The van der Waals surface area contributed by atoms with Gasteiger partial charge in [-0.05, 0) is 31.4 Å². The molecule has 0 aliphatic carbocycles. The van der Waals surface area contributed by atoms with E-state index < -0.39 is 0 Å². The maximum Gasteiger partial charge on any atom is 0.0406 e. The Morgan fingerprint density at radius 1 is 1.05 bits per heavy atom. The van der Waals surface area contributed by atoms with Crippen LogP contribution in [-0.2, 0) is 6.42 Å². The molecule has 0 N–H and O–H groups in total. The molecule has 1 nitrogen and oxygen atoms in total. The highest BCUT2D eigenvalue weighted by Gasteiger charge is 1.89. The van der Waals surface area contributed by atoms with E-state index in [4.69, 9.17) is 0 Å². The quantitative estimate of drug-likeness (QED) is 0.330. The molecule has 0 amide bonds. The Morgan fingerprint density at radius 3 is 2.20 bits per heavy atom. The Balaban J connectivity index is 0. The fourth-order valence-electron chi connectivity index (χ4n) is 1.33. The zero-order chi connectivity index (χ0) is 15.5. The van der Waals surface area contributed by atoms with Crippen LogP contribution in [0.4, 0.5) is 0 Å². The van der Waals surface area contributed by atoms with E-state index in [1.165, 1.54) is 25.0 Å². The molecule has 0 unspecified atom stereocenters. The first-order valence-corrected chi connectivity index (χ1v) is 7.63. The molecule has 1 aromatic rings. The first-order chi connectivity index (χ1) is 9.85. The summed E-state index contributed by atoms with van der Waals surface area (Å²) in [5.74, 6) is 0.